The van der Waals surface area contributed by atoms with Gasteiger partial charge in [0.2, 0.25) is 0 Å². The van der Waals surface area contributed by atoms with E-state index in [1.54, 1.807) is 14.2 Å². The largest absolute Gasteiger partial charge is 0.497 e. The van der Waals surface area contributed by atoms with Crippen LogP contribution in [0.3, 0.4) is 0 Å². The minimum Gasteiger partial charge on any atom is -0.497 e. The second kappa shape index (κ2) is 13.1. The lowest BCUT2D eigenvalue weighted by Gasteiger charge is -2.28. The van der Waals surface area contributed by atoms with Crippen LogP contribution >= 0.6 is 11.6 Å². The zero-order valence-electron chi connectivity index (χ0n) is 26.1. The Morgan fingerprint density at radius 1 is 0.952 bits per heavy atom. The van der Waals surface area contributed by atoms with Gasteiger partial charge in [0.15, 0.2) is 0 Å². The SMILES string of the molecule is C=C(/C=C/C(Cl)=C/C=C1/N(CCCc2ccccc2)c2ccc(OC)cc2C1(C)C)C(C)(C)c1cc(OC)ccc1C. The third kappa shape index (κ3) is 6.68. The van der Waals surface area contributed by atoms with E-state index in [4.69, 9.17) is 21.1 Å². The van der Waals surface area contributed by atoms with Crippen LogP contribution < -0.4 is 14.4 Å². The molecule has 4 rings (SSSR count). The zero-order chi connectivity index (χ0) is 30.5. The Bertz CT molecular complexity index is 1510. The summed E-state index contributed by atoms with van der Waals surface area (Å²) in [6, 6.07) is 23.2. The molecular formula is C38H44ClNO2. The van der Waals surface area contributed by atoms with Gasteiger partial charge in [-0.15, -0.1) is 0 Å². The van der Waals surface area contributed by atoms with Gasteiger partial charge in [0.1, 0.15) is 11.5 Å². The molecule has 3 aromatic rings. The molecule has 0 fully saturated rings. The normalized spacial score (nSPS) is 15.8. The van der Waals surface area contributed by atoms with Crippen LogP contribution in [0.5, 0.6) is 11.5 Å². The second-order valence-electron chi connectivity index (χ2n) is 12.0. The number of hydrogen-bond acceptors (Lipinski definition) is 3. The molecule has 1 heterocycles. The van der Waals surface area contributed by atoms with Gasteiger partial charge in [-0.05, 0) is 96.2 Å². The fourth-order valence-electron chi connectivity index (χ4n) is 5.79. The highest BCUT2D eigenvalue weighted by molar-refractivity contribution is 6.31. The topological polar surface area (TPSA) is 21.7 Å². The summed E-state index contributed by atoms with van der Waals surface area (Å²) in [5.41, 5.74) is 7.94. The van der Waals surface area contributed by atoms with Crippen molar-refractivity contribution in [2.75, 3.05) is 25.7 Å². The number of fused-ring (bicyclic) bond motifs is 1. The van der Waals surface area contributed by atoms with E-state index in [-0.39, 0.29) is 10.8 Å². The number of nitrogens with zero attached hydrogens (tertiary/aromatic N) is 1. The summed E-state index contributed by atoms with van der Waals surface area (Å²) >= 11 is 6.79. The maximum atomic E-state index is 6.79. The molecule has 1 aliphatic heterocycles. The number of rotatable bonds is 11. The quantitative estimate of drug-likeness (QED) is 0.210. The number of aryl methyl sites for hydroxylation is 2. The summed E-state index contributed by atoms with van der Waals surface area (Å²) in [6.45, 7) is 16.3. The second-order valence-corrected chi connectivity index (χ2v) is 12.5. The molecule has 0 bridgehead atoms. The molecule has 0 spiro atoms. The van der Waals surface area contributed by atoms with Crippen LogP contribution in [-0.4, -0.2) is 20.8 Å². The van der Waals surface area contributed by atoms with Crippen molar-refractivity contribution in [1.29, 1.82) is 0 Å². The van der Waals surface area contributed by atoms with Gasteiger partial charge in [0, 0.05) is 33.8 Å². The first-order valence-electron chi connectivity index (χ1n) is 14.6. The van der Waals surface area contributed by atoms with Crippen LogP contribution in [0.2, 0.25) is 0 Å². The lowest BCUT2D eigenvalue weighted by atomic mass is 9.76. The standard InChI is InChI=1S/C38H44ClNO2/c1-27-16-20-31(41-7)25-33(27)37(3,4)28(2)17-18-30(39)19-23-36-38(5,6)34-26-32(42-8)21-22-35(34)40(36)24-12-15-29-13-10-9-11-14-29/h9-11,13-14,16-23,25-26H,2,12,15,24H2,1,3-8H3/b18-17+,30-19-,36-23+. The molecule has 0 amide bonds. The fraction of sp³-hybridized carbons (Fsp3) is 0.316. The van der Waals surface area contributed by atoms with E-state index >= 15 is 0 Å². The van der Waals surface area contributed by atoms with Crippen molar-refractivity contribution in [1.82, 2.24) is 0 Å². The summed E-state index contributed by atoms with van der Waals surface area (Å²) in [5.74, 6) is 1.72. The molecule has 0 radical (unpaired) electrons. The van der Waals surface area contributed by atoms with Crippen LogP contribution in [0.4, 0.5) is 5.69 Å². The molecule has 220 valence electrons. The molecule has 0 N–H and O–H groups in total. The summed E-state index contributed by atoms with van der Waals surface area (Å²) < 4.78 is 11.1. The number of halogens is 1. The maximum Gasteiger partial charge on any atom is 0.119 e. The van der Waals surface area contributed by atoms with Gasteiger partial charge in [-0.3, -0.25) is 0 Å². The predicted molar refractivity (Wildman–Crippen MR) is 179 cm³/mol. The molecule has 0 saturated heterocycles. The lowest BCUT2D eigenvalue weighted by Crippen LogP contribution is -2.27. The minimum atomic E-state index is -0.283. The monoisotopic (exact) mass is 581 g/mol. The molecule has 0 unspecified atom stereocenters. The highest BCUT2D eigenvalue weighted by Gasteiger charge is 2.40. The van der Waals surface area contributed by atoms with Gasteiger partial charge in [-0.1, -0.05) is 88.3 Å². The van der Waals surface area contributed by atoms with E-state index < -0.39 is 0 Å². The van der Waals surface area contributed by atoms with Crippen molar-refractivity contribution < 1.29 is 9.47 Å². The van der Waals surface area contributed by atoms with Crippen LogP contribution in [0.1, 0.15) is 56.4 Å². The van der Waals surface area contributed by atoms with Crippen LogP contribution in [0.25, 0.3) is 0 Å². The Labute approximate surface area is 257 Å². The molecule has 3 aromatic carbocycles. The van der Waals surface area contributed by atoms with Gasteiger partial charge in [-0.2, -0.15) is 0 Å². The summed E-state index contributed by atoms with van der Waals surface area (Å²) in [5, 5.41) is 0.649. The van der Waals surface area contributed by atoms with Crippen molar-refractivity contribution in [3.05, 3.63) is 136 Å². The average Bonchev–Trinajstić information content (AvgIpc) is 3.20. The third-order valence-corrected chi connectivity index (χ3v) is 8.81. The van der Waals surface area contributed by atoms with Crippen molar-refractivity contribution in [2.45, 2.75) is 58.3 Å². The zero-order valence-corrected chi connectivity index (χ0v) is 26.9. The Hall–Kier alpha value is -3.69. The van der Waals surface area contributed by atoms with Crippen molar-refractivity contribution in [3.8, 4) is 11.5 Å². The minimum absolute atomic E-state index is 0.205. The Morgan fingerprint density at radius 2 is 1.62 bits per heavy atom. The number of ether oxygens (including phenoxy) is 2. The molecule has 3 nitrogen and oxygen atoms in total. The first-order chi connectivity index (χ1) is 20.0. The van der Waals surface area contributed by atoms with Gasteiger partial charge >= 0.3 is 0 Å². The summed E-state index contributed by atoms with van der Waals surface area (Å²) in [4.78, 5) is 2.44. The number of hydrogen-bond donors (Lipinski definition) is 0. The van der Waals surface area contributed by atoms with Gasteiger partial charge in [-0.25, -0.2) is 0 Å². The van der Waals surface area contributed by atoms with Crippen molar-refractivity contribution in [2.24, 2.45) is 0 Å². The molecule has 0 saturated carbocycles. The smallest absolute Gasteiger partial charge is 0.119 e. The van der Waals surface area contributed by atoms with E-state index in [0.29, 0.717) is 5.03 Å². The van der Waals surface area contributed by atoms with Crippen molar-refractivity contribution >= 4 is 17.3 Å². The molecule has 0 aliphatic carbocycles. The lowest BCUT2D eigenvalue weighted by molar-refractivity contribution is 0.413. The first kappa shape index (κ1) is 31.3. The molecule has 0 aromatic heterocycles. The summed E-state index contributed by atoms with van der Waals surface area (Å²) in [7, 11) is 3.41. The Morgan fingerprint density at radius 3 is 2.31 bits per heavy atom. The number of benzene rings is 3. The molecule has 4 heteroatoms. The van der Waals surface area contributed by atoms with E-state index in [1.807, 2.05) is 30.4 Å². The van der Waals surface area contributed by atoms with E-state index in [9.17, 15) is 0 Å². The highest BCUT2D eigenvalue weighted by atomic mass is 35.5. The van der Waals surface area contributed by atoms with E-state index in [0.717, 1.165) is 36.5 Å². The van der Waals surface area contributed by atoms with Gasteiger partial charge < -0.3 is 14.4 Å². The highest BCUT2D eigenvalue weighted by Crippen LogP contribution is 2.49. The third-order valence-electron chi connectivity index (χ3n) is 8.55. The van der Waals surface area contributed by atoms with Crippen molar-refractivity contribution in [3.63, 3.8) is 0 Å². The number of allylic oxidation sites excluding steroid dienone is 7. The van der Waals surface area contributed by atoms with Crippen LogP contribution in [-0.2, 0) is 17.3 Å². The van der Waals surface area contributed by atoms with Crippen LogP contribution in [0.15, 0.2) is 114 Å². The van der Waals surface area contributed by atoms with E-state index in [1.165, 1.54) is 33.6 Å². The predicted octanol–water partition coefficient (Wildman–Crippen LogP) is 9.84. The average molecular weight is 582 g/mol. The molecule has 1 aliphatic rings. The first-order valence-corrected chi connectivity index (χ1v) is 15.0. The summed E-state index contributed by atoms with van der Waals surface area (Å²) in [6.07, 6.45) is 10.2. The Balaban J connectivity index is 1.59. The fourth-order valence-corrected chi connectivity index (χ4v) is 5.91. The molecule has 42 heavy (non-hydrogen) atoms. The van der Waals surface area contributed by atoms with Crippen LogP contribution in [0, 0.1) is 6.92 Å². The molecular weight excluding hydrogens is 538 g/mol. The van der Waals surface area contributed by atoms with Gasteiger partial charge in [0.05, 0.1) is 14.2 Å². The molecule has 0 atom stereocenters. The van der Waals surface area contributed by atoms with E-state index in [2.05, 4.69) is 107 Å². The Kier molecular flexibility index (Phi) is 9.74. The number of anilines is 1. The van der Waals surface area contributed by atoms with Gasteiger partial charge in [0.25, 0.3) is 0 Å². The number of methoxy groups -OCH3 is 2. The maximum absolute atomic E-state index is 6.79.